The zero-order valence-electron chi connectivity index (χ0n) is 14.6. The van der Waals surface area contributed by atoms with Crippen molar-refractivity contribution in [1.82, 2.24) is 20.2 Å². The molecular formula is C18H21BN4O3. The number of carbonyl (C=O) groups is 1. The number of carbonyl (C=O) groups excluding carboxylic acids is 1. The number of hydrogen-bond donors (Lipinski definition) is 3. The standard InChI is InChI=1S/C18H21BN4O3/c1-10-8-23(9-10)18(24)22-12-4-11(5-12)14-6-19(25)26-15-7-21-17-13(16(14)15)2-3-20-17/h2-3,6-7,10-12,25H,4-5,8-9H2,1H3,(H,20,21)(H,22,24). The summed E-state index contributed by atoms with van der Waals surface area (Å²) in [5, 5.41) is 14.2. The van der Waals surface area contributed by atoms with Crippen molar-refractivity contribution in [3.63, 3.8) is 0 Å². The average molecular weight is 352 g/mol. The highest BCUT2D eigenvalue weighted by atomic mass is 16.5. The molecule has 26 heavy (non-hydrogen) atoms. The van der Waals surface area contributed by atoms with E-state index in [0.29, 0.717) is 17.6 Å². The van der Waals surface area contributed by atoms with Gasteiger partial charge in [0.2, 0.25) is 0 Å². The predicted octanol–water partition coefficient (Wildman–Crippen LogP) is 1.80. The fourth-order valence-corrected chi connectivity index (χ4v) is 4.24. The van der Waals surface area contributed by atoms with Crippen molar-refractivity contribution in [3.8, 4) is 5.75 Å². The first-order valence-electron chi connectivity index (χ1n) is 9.17. The Labute approximate surface area is 151 Å². The third kappa shape index (κ3) is 2.48. The van der Waals surface area contributed by atoms with E-state index < -0.39 is 7.12 Å². The van der Waals surface area contributed by atoms with Crippen LogP contribution in [-0.4, -0.2) is 52.2 Å². The van der Waals surface area contributed by atoms with Crippen LogP contribution in [0, 0.1) is 11.8 Å². The van der Waals surface area contributed by atoms with Crippen LogP contribution in [0.1, 0.15) is 25.3 Å². The zero-order chi connectivity index (χ0) is 17.8. The molecule has 2 aromatic heterocycles. The first-order valence-corrected chi connectivity index (χ1v) is 9.17. The molecule has 1 saturated heterocycles. The van der Waals surface area contributed by atoms with Gasteiger partial charge in [-0.3, -0.25) is 0 Å². The van der Waals surface area contributed by atoms with Crippen LogP contribution in [0.3, 0.4) is 0 Å². The van der Waals surface area contributed by atoms with E-state index in [0.717, 1.165) is 48.1 Å². The lowest BCUT2D eigenvalue weighted by atomic mass is 9.68. The Kier molecular flexibility index (Phi) is 3.50. The van der Waals surface area contributed by atoms with Gasteiger partial charge in [0.25, 0.3) is 0 Å². The van der Waals surface area contributed by atoms with Gasteiger partial charge in [-0.05, 0) is 42.3 Å². The first-order chi connectivity index (χ1) is 12.6. The van der Waals surface area contributed by atoms with E-state index in [-0.39, 0.29) is 12.1 Å². The Bertz CT molecular complexity index is 899. The number of hydrogen-bond acceptors (Lipinski definition) is 4. The first kappa shape index (κ1) is 15.8. The van der Waals surface area contributed by atoms with Crippen molar-refractivity contribution in [2.75, 3.05) is 13.1 Å². The third-order valence-corrected chi connectivity index (χ3v) is 5.67. The molecular weight excluding hydrogens is 331 g/mol. The fraction of sp³-hybridized carbons (Fsp3) is 0.444. The summed E-state index contributed by atoms with van der Waals surface area (Å²) >= 11 is 0. The zero-order valence-corrected chi connectivity index (χ0v) is 14.6. The number of amides is 2. The molecule has 0 aromatic carbocycles. The molecule has 1 saturated carbocycles. The van der Waals surface area contributed by atoms with Gasteiger partial charge < -0.3 is 24.9 Å². The second kappa shape index (κ2) is 5.77. The topological polar surface area (TPSA) is 90.5 Å². The molecule has 2 fully saturated rings. The van der Waals surface area contributed by atoms with E-state index in [1.54, 1.807) is 12.2 Å². The van der Waals surface area contributed by atoms with Gasteiger partial charge in [0, 0.05) is 36.3 Å². The van der Waals surface area contributed by atoms with Crippen molar-refractivity contribution in [3.05, 3.63) is 30.0 Å². The Morgan fingerprint density at radius 2 is 2.27 bits per heavy atom. The smallest absolute Gasteiger partial charge is 0.531 e. The van der Waals surface area contributed by atoms with Gasteiger partial charge in [0.15, 0.2) is 0 Å². The molecule has 3 aliphatic rings. The maximum Gasteiger partial charge on any atom is 0.552 e. The van der Waals surface area contributed by atoms with Gasteiger partial charge in [0.05, 0.1) is 6.20 Å². The van der Waals surface area contributed by atoms with E-state index >= 15 is 0 Å². The molecule has 3 N–H and O–H groups in total. The Balaban J connectivity index is 1.32. The molecule has 0 unspecified atom stereocenters. The Morgan fingerprint density at radius 1 is 1.46 bits per heavy atom. The van der Waals surface area contributed by atoms with Crippen molar-refractivity contribution in [2.45, 2.75) is 25.8 Å². The van der Waals surface area contributed by atoms with E-state index in [4.69, 9.17) is 4.65 Å². The maximum absolute atomic E-state index is 12.2. The molecule has 134 valence electrons. The van der Waals surface area contributed by atoms with Crippen molar-refractivity contribution in [1.29, 1.82) is 0 Å². The molecule has 0 atom stereocenters. The van der Waals surface area contributed by atoms with Crippen LogP contribution in [0.5, 0.6) is 5.75 Å². The molecule has 4 heterocycles. The summed E-state index contributed by atoms with van der Waals surface area (Å²) in [7, 11) is -0.952. The van der Waals surface area contributed by atoms with Crippen LogP contribution in [0.2, 0.25) is 0 Å². The van der Waals surface area contributed by atoms with Crippen LogP contribution < -0.4 is 9.97 Å². The van der Waals surface area contributed by atoms with Gasteiger partial charge in [-0.2, -0.15) is 0 Å². The number of nitrogens with zero attached hydrogens (tertiary/aromatic N) is 2. The number of aromatic nitrogens is 2. The minimum absolute atomic E-state index is 0.0465. The van der Waals surface area contributed by atoms with E-state index in [1.165, 1.54) is 0 Å². The van der Waals surface area contributed by atoms with Crippen LogP contribution in [0.25, 0.3) is 16.6 Å². The quantitative estimate of drug-likeness (QED) is 0.719. The van der Waals surface area contributed by atoms with Crippen LogP contribution in [0.15, 0.2) is 24.4 Å². The average Bonchev–Trinajstić information content (AvgIpc) is 3.02. The summed E-state index contributed by atoms with van der Waals surface area (Å²) in [5.74, 6) is 3.31. The number of urea groups is 1. The third-order valence-electron chi connectivity index (χ3n) is 5.67. The van der Waals surface area contributed by atoms with Gasteiger partial charge in [0.1, 0.15) is 11.4 Å². The Hall–Kier alpha value is -2.48. The predicted molar refractivity (Wildman–Crippen MR) is 98.5 cm³/mol. The van der Waals surface area contributed by atoms with Gasteiger partial charge in [-0.1, -0.05) is 6.92 Å². The number of fused-ring (bicyclic) bond motifs is 3. The highest BCUT2D eigenvalue weighted by molar-refractivity contribution is 6.52. The molecule has 2 amide bonds. The lowest BCUT2D eigenvalue weighted by Crippen LogP contribution is -2.56. The molecule has 1 aliphatic carbocycles. The number of rotatable bonds is 2. The lowest BCUT2D eigenvalue weighted by molar-refractivity contribution is 0.120. The monoisotopic (exact) mass is 352 g/mol. The molecule has 0 radical (unpaired) electrons. The van der Waals surface area contributed by atoms with Crippen molar-refractivity contribution in [2.24, 2.45) is 11.8 Å². The van der Waals surface area contributed by atoms with Crippen LogP contribution in [-0.2, 0) is 0 Å². The highest BCUT2D eigenvalue weighted by Gasteiger charge is 2.39. The number of likely N-dealkylation sites (tertiary alicyclic amines) is 1. The molecule has 8 heteroatoms. The summed E-state index contributed by atoms with van der Waals surface area (Å²) in [6.07, 6.45) is 5.27. The van der Waals surface area contributed by atoms with Gasteiger partial charge >= 0.3 is 13.1 Å². The number of nitrogens with one attached hydrogen (secondary N) is 2. The Morgan fingerprint density at radius 3 is 3.04 bits per heavy atom. The normalized spacial score (nSPS) is 25.1. The fourth-order valence-electron chi connectivity index (χ4n) is 4.24. The van der Waals surface area contributed by atoms with Gasteiger partial charge in [-0.25, -0.2) is 9.78 Å². The maximum atomic E-state index is 12.2. The second-order valence-electron chi connectivity index (χ2n) is 7.69. The number of aromatic amines is 1. The molecule has 0 spiro atoms. The molecule has 7 nitrogen and oxygen atoms in total. The van der Waals surface area contributed by atoms with Gasteiger partial charge in [-0.15, -0.1) is 0 Å². The SMILES string of the molecule is CC1CN(C(=O)NC2CC(C3=CB(O)Oc4cnc5[nH]ccc5c43)C2)C1. The summed E-state index contributed by atoms with van der Waals surface area (Å²) < 4.78 is 5.54. The summed E-state index contributed by atoms with van der Waals surface area (Å²) in [4.78, 5) is 21.5. The number of H-pyrrole nitrogens is 1. The minimum Gasteiger partial charge on any atom is -0.531 e. The molecule has 0 bridgehead atoms. The summed E-state index contributed by atoms with van der Waals surface area (Å²) in [6, 6.07) is 2.22. The summed E-state index contributed by atoms with van der Waals surface area (Å²) in [6.45, 7) is 3.85. The largest absolute Gasteiger partial charge is 0.552 e. The molecule has 5 rings (SSSR count). The molecule has 2 aliphatic heterocycles. The second-order valence-corrected chi connectivity index (χ2v) is 7.69. The van der Waals surface area contributed by atoms with E-state index in [2.05, 4.69) is 22.2 Å². The number of pyridine rings is 1. The molecule has 2 aromatic rings. The lowest BCUT2D eigenvalue weighted by Gasteiger charge is -2.42. The minimum atomic E-state index is -0.952. The number of allylic oxidation sites excluding steroid dienone is 1. The highest BCUT2D eigenvalue weighted by Crippen LogP contribution is 2.45. The van der Waals surface area contributed by atoms with Crippen LogP contribution in [0.4, 0.5) is 4.79 Å². The van der Waals surface area contributed by atoms with Crippen LogP contribution >= 0.6 is 0 Å². The van der Waals surface area contributed by atoms with E-state index in [9.17, 15) is 9.82 Å². The van der Waals surface area contributed by atoms with E-state index in [1.807, 2.05) is 17.2 Å². The summed E-state index contributed by atoms with van der Waals surface area (Å²) in [5.41, 5.74) is 2.91. The van der Waals surface area contributed by atoms with Crippen molar-refractivity contribution >= 4 is 29.8 Å². The van der Waals surface area contributed by atoms with Crippen molar-refractivity contribution < 1.29 is 14.5 Å².